The van der Waals surface area contributed by atoms with E-state index in [-0.39, 0.29) is 40.2 Å². The van der Waals surface area contributed by atoms with Gasteiger partial charge in [-0.3, -0.25) is 9.69 Å². The smallest absolute Gasteiger partial charge is 0.252 e. The van der Waals surface area contributed by atoms with Gasteiger partial charge < -0.3 is 5.32 Å². The summed E-state index contributed by atoms with van der Waals surface area (Å²) in [6, 6.07) is 3.77. The number of nitrogens with zero attached hydrogens (tertiary/aromatic N) is 2. The summed E-state index contributed by atoms with van der Waals surface area (Å²) in [5, 5.41) is 3.11. The highest BCUT2D eigenvalue weighted by atomic mass is 35.5. The minimum atomic E-state index is -3.19. The summed E-state index contributed by atoms with van der Waals surface area (Å²) in [4.78, 5) is 15.0. The first-order chi connectivity index (χ1) is 14.3. The third-order valence-electron chi connectivity index (χ3n) is 6.30. The maximum Gasteiger partial charge on any atom is 0.252 e. The molecule has 1 heterocycles. The molecule has 0 aromatic heterocycles. The summed E-state index contributed by atoms with van der Waals surface area (Å²) < 4.78 is 39.7. The van der Waals surface area contributed by atoms with Crippen molar-refractivity contribution in [3.63, 3.8) is 0 Å². The maximum atomic E-state index is 13.3. The van der Waals surface area contributed by atoms with Gasteiger partial charge in [-0.2, -0.15) is 4.31 Å². The number of halogens is 3. The molecule has 1 aromatic rings. The van der Waals surface area contributed by atoms with E-state index in [0.29, 0.717) is 39.1 Å². The van der Waals surface area contributed by atoms with Crippen LogP contribution in [0, 0.1) is 5.82 Å². The van der Waals surface area contributed by atoms with Crippen molar-refractivity contribution in [3.05, 3.63) is 34.6 Å². The first-order valence-electron chi connectivity index (χ1n) is 10.7. The Kier molecular flexibility index (Phi) is 9.57. The molecular weight excluding hydrogens is 464 g/mol. The van der Waals surface area contributed by atoms with Gasteiger partial charge in [-0.25, -0.2) is 12.8 Å². The van der Waals surface area contributed by atoms with Crippen LogP contribution in [0.2, 0.25) is 5.02 Å². The molecule has 1 aromatic carbocycles. The minimum absolute atomic E-state index is 0. The largest absolute Gasteiger partial charge is 0.350 e. The predicted octanol–water partition coefficient (Wildman–Crippen LogP) is 3.69. The third kappa shape index (κ3) is 6.32. The van der Waals surface area contributed by atoms with Gasteiger partial charge in [-0.1, -0.05) is 37.8 Å². The molecule has 1 saturated carbocycles. The van der Waals surface area contributed by atoms with Crippen molar-refractivity contribution in [2.24, 2.45) is 0 Å². The van der Waals surface area contributed by atoms with Gasteiger partial charge in [-0.05, 0) is 37.5 Å². The summed E-state index contributed by atoms with van der Waals surface area (Å²) >= 11 is 6.04. The molecule has 1 N–H and O–H groups in total. The van der Waals surface area contributed by atoms with Gasteiger partial charge in [0, 0.05) is 38.3 Å². The molecule has 1 aliphatic heterocycles. The van der Waals surface area contributed by atoms with Crippen LogP contribution in [0.4, 0.5) is 4.39 Å². The Bertz CT molecular complexity index is 855. The van der Waals surface area contributed by atoms with Crippen molar-refractivity contribution >= 4 is 39.9 Å². The number of amides is 1. The first-order valence-corrected chi connectivity index (χ1v) is 12.7. The summed E-state index contributed by atoms with van der Waals surface area (Å²) in [5.41, 5.74) is 0.0839. The highest BCUT2D eigenvalue weighted by Gasteiger charge is 2.40. The summed E-state index contributed by atoms with van der Waals surface area (Å²) in [7, 11) is -3.19. The number of sulfonamides is 1. The van der Waals surface area contributed by atoms with Gasteiger partial charge in [0.15, 0.2) is 0 Å². The molecule has 2 fully saturated rings. The van der Waals surface area contributed by atoms with E-state index in [2.05, 4.69) is 10.2 Å². The zero-order chi connectivity index (χ0) is 21.8. The van der Waals surface area contributed by atoms with E-state index < -0.39 is 15.8 Å². The van der Waals surface area contributed by atoms with Crippen LogP contribution in [-0.2, 0) is 10.0 Å². The lowest BCUT2D eigenvalue weighted by Gasteiger charge is -2.49. The monoisotopic (exact) mass is 495 g/mol. The van der Waals surface area contributed by atoms with Crippen LogP contribution in [0.15, 0.2) is 18.2 Å². The Morgan fingerprint density at radius 1 is 1.16 bits per heavy atom. The van der Waals surface area contributed by atoms with E-state index >= 15 is 0 Å². The number of carbonyl (C=O) groups excluding carboxylic acids is 1. The van der Waals surface area contributed by atoms with Gasteiger partial charge in [-0.15, -0.1) is 12.4 Å². The van der Waals surface area contributed by atoms with E-state index in [4.69, 9.17) is 11.6 Å². The quantitative estimate of drug-likeness (QED) is 0.625. The van der Waals surface area contributed by atoms with Crippen LogP contribution in [0.5, 0.6) is 0 Å². The van der Waals surface area contributed by atoms with Crippen LogP contribution >= 0.6 is 24.0 Å². The fraction of sp³-hybridized carbons (Fsp3) is 0.667. The Hall–Kier alpha value is -0.930. The number of rotatable bonds is 7. The molecule has 2 aliphatic rings. The Morgan fingerprint density at radius 2 is 1.81 bits per heavy atom. The average Bonchev–Trinajstić information content (AvgIpc) is 2.73. The summed E-state index contributed by atoms with van der Waals surface area (Å²) in [5.74, 6) is -0.600. The second-order valence-electron chi connectivity index (χ2n) is 8.29. The molecule has 0 atom stereocenters. The number of carbonyl (C=O) groups is 1. The van der Waals surface area contributed by atoms with Gasteiger partial charge in [0.25, 0.3) is 5.91 Å². The zero-order valence-corrected chi connectivity index (χ0v) is 20.3. The molecule has 10 heteroatoms. The normalized spacial score (nSPS) is 20.1. The average molecular weight is 496 g/mol. The third-order valence-corrected chi connectivity index (χ3v) is 8.69. The SMILES string of the molecule is CCCS(=O)(=O)N1CCN(C2(CNC(=O)c3ccc(F)cc3Cl)CCCCC2)CC1.Cl. The highest BCUT2D eigenvalue weighted by molar-refractivity contribution is 7.89. The van der Waals surface area contributed by atoms with Crippen molar-refractivity contribution in [1.29, 1.82) is 0 Å². The van der Waals surface area contributed by atoms with Gasteiger partial charge in [0.05, 0.1) is 16.3 Å². The second kappa shape index (κ2) is 11.3. The predicted molar refractivity (Wildman–Crippen MR) is 124 cm³/mol. The molecule has 0 spiro atoms. The molecule has 0 unspecified atom stereocenters. The van der Waals surface area contributed by atoms with E-state index in [1.54, 1.807) is 4.31 Å². The van der Waals surface area contributed by atoms with Crippen molar-refractivity contribution in [3.8, 4) is 0 Å². The van der Waals surface area contributed by atoms with E-state index in [1.807, 2.05) is 6.92 Å². The number of piperazine rings is 1. The van der Waals surface area contributed by atoms with Gasteiger partial charge in [0.1, 0.15) is 5.82 Å². The molecular formula is C21H32Cl2FN3O3S. The molecule has 6 nitrogen and oxygen atoms in total. The zero-order valence-electron chi connectivity index (χ0n) is 17.9. The van der Waals surface area contributed by atoms with Crippen molar-refractivity contribution in [1.82, 2.24) is 14.5 Å². The topological polar surface area (TPSA) is 69.7 Å². The molecule has 1 amide bonds. The molecule has 3 rings (SSSR count). The molecule has 1 saturated heterocycles. The van der Waals surface area contributed by atoms with E-state index in [1.165, 1.54) is 18.6 Å². The fourth-order valence-electron chi connectivity index (χ4n) is 4.66. The van der Waals surface area contributed by atoms with E-state index in [9.17, 15) is 17.6 Å². The Morgan fingerprint density at radius 3 is 2.39 bits per heavy atom. The van der Waals surface area contributed by atoms with Crippen LogP contribution in [-0.4, -0.2) is 67.5 Å². The number of nitrogens with one attached hydrogen (secondary N) is 1. The van der Waals surface area contributed by atoms with E-state index in [0.717, 1.165) is 31.7 Å². The maximum absolute atomic E-state index is 13.3. The number of benzene rings is 1. The molecule has 1 aliphatic carbocycles. The minimum Gasteiger partial charge on any atom is -0.350 e. The van der Waals surface area contributed by atoms with Gasteiger partial charge >= 0.3 is 0 Å². The van der Waals surface area contributed by atoms with Crippen LogP contribution in [0.1, 0.15) is 55.8 Å². The summed E-state index contributed by atoms with van der Waals surface area (Å²) in [6.07, 6.45) is 5.89. The van der Waals surface area contributed by atoms with Crippen LogP contribution < -0.4 is 5.32 Å². The first kappa shape index (κ1) is 26.3. The molecule has 31 heavy (non-hydrogen) atoms. The highest BCUT2D eigenvalue weighted by Crippen LogP contribution is 2.34. The molecule has 176 valence electrons. The lowest BCUT2D eigenvalue weighted by atomic mass is 9.79. The summed E-state index contributed by atoms with van der Waals surface area (Å²) in [6.45, 7) is 4.65. The van der Waals surface area contributed by atoms with Gasteiger partial charge in [0.2, 0.25) is 10.0 Å². The molecule has 0 radical (unpaired) electrons. The van der Waals surface area contributed by atoms with Crippen molar-refractivity contribution in [2.75, 3.05) is 38.5 Å². The van der Waals surface area contributed by atoms with Crippen molar-refractivity contribution in [2.45, 2.75) is 51.0 Å². The molecule has 0 bridgehead atoms. The van der Waals surface area contributed by atoms with Crippen molar-refractivity contribution < 1.29 is 17.6 Å². The van der Waals surface area contributed by atoms with Crippen LogP contribution in [0.3, 0.4) is 0 Å². The number of hydrogen-bond acceptors (Lipinski definition) is 4. The Labute approximate surface area is 196 Å². The standard InChI is InChI=1S/C21H31ClFN3O3S.ClH/c1-2-14-30(28,29)26-12-10-25(11-13-26)21(8-4-3-5-9-21)16-24-20(27)18-7-6-17(23)15-19(18)22;/h6-7,15H,2-5,8-14,16H2,1H3,(H,24,27);1H. The van der Waals surface area contributed by atoms with Crippen LogP contribution in [0.25, 0.3) is 0 Å². The Balaban J connectivity index is 0.00000341. The fourth-order valence-corrected chi connectivity index (χ4v) is 6.40. The lowest BCUT2D eigenvalue weighted by Crippen LogP contribution is -2.62. The lowest BCUT2D eigenvalue weighted by molar-refractivity contribution is 0.0240. The second-order valence-corrected chi connectivity index (χ2v) is 10.8. The number of hydrogen-bond donors (Lipinski definition) is 1.